The molecule has 0 aromatic carbocycles. The predicted octanol–water partition coefficient (Wildman–Crippen LogP) is -0.545. The van der Waals surface area contributed by atoms with Crippen molar-refractivity contribution in [3.63, 3.8) is 0 Å². The summed E-state index contributed by atoms with van der Waals surface area (Å²) in [5.74, 6) is 0. The SMILES string of the molecule is O=C(O)O.[O]=[AlH]. The molecular formula is CH3AlO4. The Balaban J connectivity index is 0. The average molecular weight is 106 g/mol. The second kappa shape index (κ2) is 8.82. The summed E-state index contributed by atoms with van der Waals surface area (Å²) < 4.78 is 8.28. The Morgan fingerprint density at radius 2 is 1.33 bits per heavy atom. The maximum absolute atomic E-state index is 8.56. The van der Waals surface area contributed by atoms with Gasteiger partial charge in [0.05, 0.1) is 0 Å². The van der Waals surface area contributed by atoms with Gasteiger partial charge in [-0.2, -0.15) is 0 Å². The second-order valence-electron chi connectivity index (χ2n) is 0.283. The van der Waals surface area contributed by atoms with Crippen molar-refractivity contribution in [2.24, 2.45) is 0 Å². The Labute approximate surface area is 42.0 Å². The molecule has 34 valence electrons. The van der Waals surface area contributed by atoms with Crippen LogP contribution >= 0.6 is 0 Å². The van der Waals surface area contributed by atoms with Crippen molar-refractivity contribution < 1.29 is 18.8 Å². The number of carbonyl (C=O) groups is 1. The first-order chi connectivity index (χ1) is 2.73. The van der Waals surface area contributed by atoms with E-state index < -0.39 is 6.16 Å². The molecule has 0 aliphatic rings. The van der Waals surface area contributed by atoms with Crippen LogP contribution in [0.1, 0.15) is 0 Å². The van der Waals surface area contributed by atoms with Crippen LogP contribution in [0.15, 0.2) is 0 Å². The zero-order valence-corrected chi connectivity index (χ0v) is 4.33. The summed E-state index contributed by atoms with van der Waals surface area (Å²) in [6.07, 6.45) is -1.83. The zero-order chi connectivity index (χ0) is 5.58. The van der Waals surface area contributed by atoms with Crippen LogP contribution in [0.3, 0.4) is 0 Å². The molecule has 0 amide bonds. The maximum atomic E-state index is 8.56. The first-order valence-electron chi connectivity index (χ1n) is 0.940. The predicted molar refractivity (Wildman–Crippen MR) is 18.5 cm³/mol. The van der Waals surface area contributed by atoms with Gasteiger partial charge < -0.3 is 10.2 Å². The molecule has 0 rings (SSSR count). The Kier molecular flexibility index (Phi) is 13.4. The van der Waals surface area contributed by atoms with Crippen molar-refractivity contribution >= 4 is 22.4 Å². The van der Waals surface area contributed by atoms with Crippen LogP contribution in [0.2, 0.25) is 0 Å². The van der Waals surface area contributed by atoms with E-state index in [4.69, 9.17) is 18.8 Å². The molecule has 0 aliphatic carbocycles. The fourth-order valence-electron chi connectivity index (χ4n) is 0. The van der Waals surface area contributed by atoms with E-state index in [1.165, 1.54) is 0 Å². The Morgan fingerprint density at radius 3 is 1.33 bits per heavy atom. The Hall–Kier alpha value is -0.398. The van der Waals surface area contributed by atoms with Crippen molar-refractivity contribution in [1.82, 2.24) is 0 Å². The van der Waals surface area contributed by atoms with Crippen molar-refractivity contribution in [3.8, 4) is 0 Å². The summed E-state index contributed by atoms with van der Waals surface area (Å²) in [5.41, 5.74) is 0. The molecule has 0 aliphatic heterocycles. The molecule has 0 aromatic heterocycles. The van der Waals surface area contributed by atoms with E-state index in [1.807, 2.05) is 0 Å². The molecule has 0 aromatic rings. The molecule has 0 atom stereocenters. The molecule has 0 heterocycles. The van der Waals surface area contributed by atoms with Gasteiger partial charge in [0, 0.05) is 0 Å². The van der Waals surface area contributed by atoms with E-state index >= 15 is 0 Å². The van der Waals surface area contributed by atoms with E-state index in [-0.39, 0.29) is 0 Å². The van der Waals surface area contributed by atoms with E-state index in [9.17, 15) is 0 Å². The topological polar surface area (TPSA) is 74.6 Å². The van der Waals surface area contributed by atoms with Crippen molar-refractivity contribution in [2.75, 3.05) is 0 Å². The van der Waals surface area contributed by atoms with Crippen molar-refractivity contribution in [2.45, 2.75) is 0 Å². The van der Waals surface area contributed by atoms with Crippen LogP contribution in [-0.4, -0.2) is 32.6 Å². The van der Waals surface area contributed by atoms with Gasteiger partial charge in [0.2, 0.25) is 0 Å². The minimum atomic E-state index is -1.83. The Morgan fingerprint density at radius 1 is 1.33 bits per heavy atom. The van der Waals surface area contributed by atoms with Gasteiger partial charge in [0.1, 0.15) is 0 Å². The minimum absolute atomic E-state index is 0.611. The summed E-state index contributed by atoms with van der Waals surface area (Å²) in [6, 6.07) is 0. The molecule has 0 spiro atoms. The van der Waals surface area contributed by atoms with Gasteiger partial charge in [-0.05, 0) is 0 Å². The standard InChI is InChI=1S/CH2O3.Al.O.H/c2-1(3)4;;;/h(H2,2,3,4);;;. The Bertz CT molecular complexity index is 38.8. The van der Waals surface area contributed by atoms with Crippen LogP contribution in [0.25, 0.3) is 0 Å². The summed E-state index contributed by atoms with van der Waals surface area (Å²) in [5, 5.41) is 13.9. The monoisotopic (exact) mass is 106 g/mol. The molecule has 0 unspecified atom stereocenters. The molecule has 0 bridgehead atoms. The summed E-state index contributed by atoms with van der Waals surface area (Å²) >= 11 is 0.611. The fraction of sp³-hybridized carbons (Fsp3) is 0. The summed E-state index contributed by atoms with van der Waals surface area (Å²) in [6.45, 7) is 0. The quantitative estimate of drug-likeness (QED) is 0.406. The third-order valence-electron chi connectivity index (χ3n) is 0. The normalized spacial score (nSPS) is 4.50. The van der Waals surface area contributed by atoms with E-state index in [1.54, 1.807) is 0 Å². The molecule has 0 saturated heterocycles. The fourth-order valence-corrected chi connectivity index (χ4v) is 0. The van der Waals surface area contributed by atoms with Gasteiger partial charge in [-0.3, -0.25) is 0 Å². The first-order valence-corrected chi connectivity index (χ1v) is 1.52. The van der Waals surface area contributed by atoms with Crippen LogP contribution < -0.4 is 0 Å². The number of hydrogen-bond acceptors (Lipinski definition) is 2. The second-order valence-corrected chi connectivity index (χ2v) is 0.283. The van der Waals surface area contributed by atoms with Crippen molar-refractivity contribution in [1.29, 1.82) is 0 Å². The third-order valence-corrected chi connectivity index (χ3v) is 0. The molecule has 5 heteroatoms. The number of carboxylic acid groups (broad SMARTS) is 2. The van der Waals surface area contributed by atoms with Crippen LogP contribution in [-0.2, 0) is 3.80 Å². The van der Waals surface area contributed by atoms with Gasteiger partial charge in [-0.1, -0.05) is 0 Å². The molecule has 0 radical (unpaired) electrons. The molecule has 2 N–H and O–H groups in total. The summed E-state index contributed by atoms with van der Waals surface area (Å²) in [4.78, 5) is 8.56. The zero-order valence-electron chi connectivity index (χ0n) is 2.92. The van der Waals surface area contributed by atoms with E-state index in [2.05, 4.69) is 0 Å². The van der Waals surface area contributed by atoms with Crippen molar-refractivity contribution in [3.05, 3.63) is 0 Å². The molecule has 4 nitrogen and oxygen atoms in total. The third kappa shape index (κ3) is 154. The number of hydrogen-bond donors (Lipinski definition) is 2. The molecular weight excluding hydrogens is 103 g/mol. The number of rotatable bonds is 0. The van der Waals surface area contributed by atoms with E-state index in [0.717, 1.165) is 0 Å². The van der Waals surface area contributed by atoms with E-state index in [0.29, 0.717) is 16.2 Å². The van der Waals surface area contributed by atoms with Crippen LogP contribution in [0, 0.1) is 0 Å². The average Bonchev–Trinajstić information content (AvgIpc) is 1.41. The van der Waals surface area contributed by atoms with Gasteiger partial charge in [-0.15, -0.1) is 0 Å². The molecule has 6 heavy (non-hydrogen) atoms. The van der Waals surface area contributed by atoms with Gasteiger partial charge in [-0.25, -0.2) is 4.79 Å². The van der Waals surface area contributed by atoms with Crippen LogP contribution in [0.5, 0.6) is 0 Å². The molecule has 0 saturated carbocycles. The van der Waals surface area contributed by atoms with Gasteiger partial charge >= 0.3 is 26.2 Å². The summed E-state index contributed by atoms with van der Waals surface area (Å²) in [7, 11) is 0. The first kappa shape index (κ1) is 9.14. The van der Waals surface area contributed by atoms with Gasteiger partial charge in [0.25, 0.3) is 0 Å². The van der Waals surface area contributed by atoms with Crippen LogP contribution in [0.4, 0.5) is 4.79 Å². The van der Waals surface area contributed by atoms with Gasteiger partial charge in [0.15, 0.2) is 0 Å². The molecule has 0 fully saturated rings.